The third kappa shape index (κ3) is 3.69. The molecule has 0 saturated heterocycles. The zero-order valence-electron chi connectivity index (χ0n) is 11.8. The van der Waals surface area contributed by atoms with Gasteiger partial charge in [0.05, 0.1) is 5.92 Å². The topological polar surface area (TPSA) is 72.2 Å². The van der Waals surface area contributed by atoms with Gasteiger partial charge >= 0.3 is 0 Å². The molecule has 0 bridgehead atoms. The van der Waals surface area contributed by atoms with Crippen LogP contribution in [0.1, 0.15) is 24.0 Å². The fourth-order valence-electron chi connectivity index (χ4n) is 2.15. The molecule has 2 rings (SSSR count). The average molecular weight is 282 g/mol. The number of benzene rings is 2. The van der Waals surface area contributed by atoms with Crippen molar-refractivity contribution in [1.82, 2.24) is 5.32 Å². The van der Waals surface area contributed by atoms with E-state index in [0.29, 0.717) is 0 Å². The molecule has 3 N–H and O–H groups in total. The van der Waals surface area contributed by atoms with Gasteiger partial charge in [0.25, 0.3) is 0 Å². The van der Waals surface area contributed by atoms with Crippen molar-refractivity contribution in [2.24, 2.45) is 5.73 Å². The average Bonchev–Trinajstić information content (AvgIpc) is 2.49. The normalized spacial score (nSPS) is 11.9. The summed E-state index contributed by atoms with van der Waals surface area (Å²) in [6, 6.07) is 18.2. The lowest BCUT2D eigenvalue weighted by Crippen LogP contribution is -2.44. The Hall–Kier alpha value is -2.62. The molecule has 0 radical (unpaired) electrons. The quantitative estimate of drug-likeness (QED) is 0.878. The van der Waals surface area contributed by atoms with Gasteiger partial charge in [-0.25, -0.2) is 0 Å². The highest BCUT2D eigenvalue weighted by molar-refractivity contribution is 5.91. The van der Waals surface area contributed by atoms with Gasteiger partial charge in [-0.1, -0.05) is 60.7 Å². The first-order chi connectivity index (χ1) is 10.1. The number of hydrogen-bond donors (Lipinski definition) is 2. The predicted molar refractivity (Wildman–Crippen MR) is 81.5 cm³/mol. The Balaban J connectivity index is 2.33. The second-order valence-electron chi connectivity index (χ2n) is 4.89. The molecule has 108 valence electrons. The second kappa shape index (κ2) is 6.70. The van der Waals surface area contributed by atoms with Crippen LogP contribution in [0.3, 0.4) is 0 Å². The zero-order chi connectivity index (χ0) is 15.2. The molecule has 4 nitrogen and oxygen atoms in total. The molecule has 4 heteroatoms. The van der Waals surface area contributed by atoms with E-state index in [4.69, 9.17) is 5.73 Å². The summed E-state index contributed by atoms with van der Waals surface area (Å²) >= 11 is 0. The van der Waals surface area contributed by atoms with Crippen LogP contribution in [0, 0.1) is 0 Å². The van der Waals surface area contributed by atoms with Crippen molar-refractivity contribution in [3.8, 4) is 0 Å². The third-order valence-electron chi connectivity index (χ3n) is 3.31. The van der Waals surface area contributed by atoms with Gasteiger partial charge in [-0.2, -0.15) is 0 Å². The number of nitrogens with one attached hydrogen (secondary N) is 1. The molecule has 2 amide bonds. The molecule has 0 aromatic heterocycles. The maximum Gasteiger partial charge on any atom is 0.239 e. The van der Waals surface area contributed by atoms with Crippen LogP contribution in [0.2, 0.25) is 0 Å². The summed E-state index contributed by atoms with van der Waals surface area (Å²) in [5.74, 6) is -1.25. The first-order valence-electron chi connectivity index (χ1n) is 6.79. The molecule has 0 unspecified atom stereocenters. The Morgan fingerprint density at radius 3 is 1.71 bits per heavy atom. The summed E-state index contributed by atoms with van der Waals surface area (Å²) in [6.45, 7) is 1.58. The van der Waals surface area contributed by atoms with Crippen molar-refractivity contribution >= 4 is 11.8 Å². The summed E-state index contributed by atoms with van der Waals surface area (Å²) in [5.41, 5.74) is 6.95. The Labute approximate surface area is 124 Å². The number of amides is 2. The SMILES string of the molecule is C[C@H](NC(=O)C(c1ccccc1)c1ccccc1)C(N)=O. The third-order valence-corrected chi connectivity index (χ3v) is 3.31. The lowest BCUT2D eigenvalue weighted by Gasteiger charge is -2.19. The van der Waals surface area contributed by atoms with E-state index in [0.717, 1.165) is 11.1 Å². The van der Waals surface area contributed by atoms with Gasteiger partial charge in [0.15, 0.2) is 0 Å². The van der Waals surface area contributed by atoms with Crippen LogP contribution in [0.25, 0.3) is 0 Å². The standard InChI is InChI=1S/C17H18N2O2/c1-12(16(18)20)19-17(21)15(13-8-4-2-5-9-13)14-10-6-3-7-11-14/h2-12,15H,1H3,(H2,18,20)(H,19,21)/t12-/m0/s1. The van der Waals surface area contributed by atoms with Gasteiger partial charge in [0, 0.05) is 0 Å². The number of rotatable bonds is 5. The van der Waals surface area contributed by atoms with Gasteiger partial charge in [0.1, 0.15) is 6.04 Å². The summed E-state index contributed by atoms with van der Waals surface area (Å²) in [7, 11) is 0. The van der Waals surface area contributed by atoms with Crippen molar-refractivity contribution in [3.63, 3.8) is 0 Å². The minimum absolute atomic E-state index is 0.237. The summed E-state index contributed by atoms with van der Waals surface area (Å²) in [6.07, 6.45) is 0. The van der Waals surface area contributed by atoms with E-state index in [1.165, 1.54) is 0 Å². The fourth-order valence-corrected chi connectivity index (χ4v) is 2.15. The highest BCUT2D eigenvalue weighted by Gasteiger charge is 2.24. The van der Waals surface area contributed by atoms with Crippen molar-refractivity contribution in [2.75, 3.05) is 0 Å². The van der Waals surface area contributed by atoms with Crippen molar-refractivity contribution in [3.05, 3.63) is 71.8 Å². The number of primary amides is 1. The summed E-state index contributed by atoms with van der Waals surface area (Å²) in [4.78, 5) is 23.7. The van der Waals surface area contributed by atoms with Crippen LogP contribution in [-0.2, 0) is 9.59 Å². The van der Waals surface area contributed by atoms with Crippen molar-refractivity contribution in [1.29, 1.82) is 0 Å². The largest absolute Gasteiger partial charge is 0.368 e. The Morgan fingerprint density at radius 2 is 1.33 bits per heavy atom. The smallest absolute Gasteiger partial charge is 0.239 e. The molecule has 0 aliphatic heterocycles. The highest BCUT2D eigenvalue weighted by Crippen LogP contribution is 2.24. The van der Waals surface area contributed by atoms with Gasteiger partial charge in [-0.15, -0.1) is 0 Å². The first-order valence-corrected chi connectivity index (χ1v) is 6.79. The van der Waals surface area contributed by atoms with Crippen LogP contribution in [0.15, 0.2) is 60.7 Å². The molecule has 2 aromatic carbocycles. The minimum Gasteiger partial charge on any atom is -0.368 e. The summed E-state index contributed by atoms with van der Waals surface area (Å²) in [5, 5.41) is 2.66. The van der Waals surface area contributed by atoms with E-state index in [2.05, 4.69) is 5.32 Å². The first kappa shape index (κ1) is 14.8. The van der Waals surface area contributed by atoms with E-state index < -0.39 is 17.9 Å². The van der Waals surface area contributed by atoms with Crippen molar-refractivity contribution in [2.45, 2.75) is 18.9 Å². The van der Waals surface area contributed by atoms with Crippen LogP contribution >= 0.6 is 0 Å². The van der Waals surface area contributed by atoms with E-state index in [1.54, 1.807) is 6.92 Å². The minimum atomic E-state index is -0.701. The van der Waals surface area contributed by atoms with Crippen LogP contribution in [0.5, 0.6) is 0 Å². The van der Waals surface area contributed by atoms with E-state index in [9.17, 15) is 9.59 Å². The zero-order valence-corrected chi connectivity index (χ0v) is 11.8. The van der Waals surface area contributed by atoms with Gasteiger partial charge in [0.2, 0.25) is 11.8 Å². The Kier molecular flexibility index (Phi) is 4.72. The molecule has 0 heterocycles. The van der Waals surface area contributed by atoms with E-state index in [1.807, 2.05) is 60.7 Å². The fraction of sp³-hybridized carbons (Fsp3) is 0.176. The molecular weight excluding hydrogens is 264 g/mol. The molecule has 0 spiro atoms. The molecule has 2 aromatic rings. The lowest BCUT2D eigenvalue weighted by molar-refractivity contribution is -0.127. The van der Waals surface area contributed by atoms with Crippen LogP contribution in [0.4, 0.5) is 0 Å². The summed E-state index contributed by atoms with van der Waals surface area (Å²) < 4.78 is 0. The van der Waals surface area contributed by atoms with Gasteiger partial charge in [-0.05, 0) is 18.1 Å². The second-order valence-corrected chi connectivity index (χ2v) is 4.89. The predicted octanol–water partition coefficient (Wildman–Crippen LogP) is 1.81. The molecule has 0 aliphatic carbocycles. The highest BCUT2D eigenvalue weighted by atomic mass is 16.2. The number of hydrogen-bond acceptors (Lipinski definition) is 2. The number of nitrogens with two attached hydrogens (primary N) is 1. The van der Waals surface area contributed by atoms with Crippen molar-refractivity contribution < 1.29 is 9.59 Å². The van der Waals surface area contributed by atoms with E-state index >= 15 is 0 Å². The molecule has 21 heavy (non-hydrogen) atoms. The monoisotopic (exact) mass is 282 g/mol. The molecule has 1 atom stereocenters. The van der Waals surface area contributed by atoms with Gasteiger partial charge < -0.3 is 11.1 Å². The van der Waals surface area contributed by atoms with E-state index in [-0.39, 0.29) is 5.91 Å². The number of carbonyl (C=O) groups is 2. The van der Waals surface area contributed by atoms with Gasteiger partial charge in [-0.3, -0.25) is 9.59 Å². The van der Waals surface area contributed by atoms with Crippen LogP contribution in [-0.4, -0.2) is 17.9 Å². The lowest BCUT2D eigenvalue weighted by atomic mass is 9.90. The maximum absolute atomic E-state index is 12.5. The Morgan fingerprint density at radius 1 is 0.905 bits per heavy atom. The van der Waals surface area contributed by atoms with Crippen LogP contribution < -0.4 is 11.1 Å². The number of carbonyl (C=O) groups excluding carboxylic acids is 2. The molecular formula is C17H18N2O2. The molecule has 0 aliphatic rings. The molecule has 0 fully saturated rings. The Bertz CT molecular complexity index is 572. The molecule has 0 saturated carbocycles. The maximum atomic E-state index is 12.5.